The standard InChI is InChI=1S/C24H30N2O2/c1-17(24(27)26(2)22-15-20-12-13-21(16-22)25-20)28-23-11-7-6-10-19(23)14-18-8-4-3-5-9-18/h3-11,17,20-22,25H,12-16H2,1-2H3. The third-order valence-electron chi connectivity index (χ3n) is 6.21. The molecule has 2 aliphatic heterocycles. The second kappa shape index (κ2) is 8.36. The van der Waals surface area contributed by atoms with Crippen LogP contribution >= 0.6 is 0 Å². The summed E-state index contributed by atoms with van der Waals surface area (Å²) >= 11 is 0. The lowest BCUT2D eigenvalue weighted by Crippen LogP contribution is -2.51. The van der Waals surface area contributed by atoms with Crippen LogP contribution in [0.3, 0.4) is 0 Å². The van der Waals surface area contributed by atoms with Gasteiger partial charge in [-0.3, -0.25) is 4.79 Å². The Kier molecular flexibility index (Phi) is 5.67. The molecule has 0 spiro atoms. The lowest BCUT2D eigenvalue weighted by molar-refractivity contribution is -0.139. The van der Waals surface area contributed by atoms with Crippen LogP contribution < -0.4 is 10.1 Å². The van der Waals surface area contributed by atoms with Gasteiger partial charge in [0.1, 0.15) is 5.75 Å². The molecule has 1 amide bonds. The normalized spacial score (nSPS) is 24.6. The Balaban J connectivity index is 1.41. The summed E-state index contributed by atoms with van der Waals surface area (Å²) in [5.74, 6) is 0.867. The number of benzene rings is 2. The van der Waals surface area contributed by atoms with Gasteiger partial charge in [0.2, 0.25) is 0 Å². The van der Waals surface area contributed by atoms with Crippen LogP contribution in [0.25, 0.3) is 0 Å². The predicted molar refractivity (Wildman–Crippen MR) is 112 cm³/mol. The topological polar surface area (TPSA) is 41.6 Å². The highest BCUT2D eigenvalue weighted by Gasteiger charge is 2.37. The summed E-state index contributed by atoms with van der Waals surface area (Å²) < 4.78 is 6.15. The van der Waals surface area contributed by atoms with Crippen LogP contribution in [0.5, 0.6) is 5.75 Å². The Morgan fingerprint density at radius 1 is 1.07 bits per heavy atom. The van der Waals surface area contributed by atoms with Crippen LogP contribution in [-0.2, 0) is 11.2 Å². The first-order chi connectivity index (χ1) is 13.6. The van der Waals surface area contributed by atoms with Crippen molar-refractivity contribution >= 4 is 5.91 Å². The molecule has 0 aromatic heterocycles. The first kappa shape index (κ1) is 19.0. The molecule has 2 aliphatic rings. The van der Waals surface area contributed by atoms with Crippen LogP contribution in [0.15, 0.2) is 54.6 Å². The van der Waals surface area contributed by atoms with Gasteiger partial charge >= 0.3 is 0 Å². The van der Waals surface area contributed by atoms with Crippen LogP contribution in [0.4, 0.5) is 0 Å². The minimum absolute atomic E-state index is 0.0702. The number of likely N-dealkylation sites (N-methyl/N-ethyl adjacent to an activating group) is 1. The Labute approximate surface area is 167 Å². The number of ether oxygens (including phenoxy) is 1. The van der Waals surface area contributed by atoms with Crippen molar-refractivity contribution in [2.24, 2.45) is 0 Å². The van der Waals surface area contributed by atoms with Gasteiger partial charge in [0, 0.05) is 31.6 Å². The SMILES string of the molecule is CC(Oc1ccccc1Cc1ccccc1)C(=O)N(C)C1CC2CCC(C1)N2. The number of hydrogen-bond acceptors (Lipinski definition) is 3. The highest BCUT2D eigenvalue weighted by Crippen LogP contribution is 2.30. The van der Waals surface area contributed by atoms with Gasteiger partial charge < -0.3 is 15.0 Å². The third-order valence-corrected chi connectivity index (χ3v) is 6.21. The fraction of sp³-hybridized carbons (Fsp3) is 0.458. The first-order valence-corrected chi connectivity index (χ1v) is 10.4. The van der Waals surface area contributed by atoms with Gasteiger partial charge in [-0.1, -0.05) is 48.5 Å². The number of fused-ring (bicyclic) bond motifs is 2. The molecule has 4 nitrogen and oxygen atoms in total. The molecule has 0 saturated carbocycles. The maximum atomic E-state index is 13.0. The van der Waals surface area contributed by atoms with Crippen molar-refractivity contribution in [2.45, 2.75) is 63.3 Å². The van der Waals surface area contributed by atoms with E-state index >= 15 is 0 Å². The molecule has 0 aliphatic carbocycles. The number of carbonyl (C=O) groups is 1. The molecule has 3 unspecified atom stereocenters. The molecule has 28 heavy (non-hydrogen) atoms. The number of hydrogen-bond donors (Lipinski definition) is 1. The summed E-state index contributed by atoms with van der Waals surface area (Å²) in [6, 6.07) is 19.8. The average molecular weight is 379 g/mol. The molecule has 2 heterocycles. The quantitative estimate of drug-likeness (QED) is 0.832. The molecule has 0 radical (unpaired) electrons. The van der Waals surface area contributed by atoms with E-state index in [1.807, 2.05) is 55.3 Å². The molecule has 3 atom stereocenters. The number of piperidine rings is 1. The molecule has 1 N–H and O–H groups in total. The van der Waals surface area contributed by atoms with Crippen molar-refractivity contribution in [3.05, 3.63) is 65.7 Å². The third kappa shape index (κ3) is 4.22. The van der Waals surface area contributed by atoms with Gasteiger partial charge in [-0.15, -0.1) is 0 Å². The number of nitrogens with zero attached hydrogens (tertiary/aromatic N) is 1. The van der Waals surface area contributed by atoms with Gasteiger partial charge in [-0.2, -0.15) is 0 Å². The highest BCUT2D eigenvalue weighted by molar-refractivity contribution is 5.81. The second-order valence-corrected chi connectivity index (χ2v) is 8.24. The Morgan fingerprint density at radius 3 is 2.43 bits per heavy atom. The summed E-state index contributed by atoms with van der Waals surface area (Å²) in [6.45, 7) is 1.87. The monoisotopic (exact) mass is 378 g/mol. The summed E-state index contributed by atoms with van der Waals surface area (Å²) in [4.78, 5) is 15.0. The van der Waals surface area contributed by atoms with E-state index < -0.39 is 6.10 Å². The lowest BCUT2D eigenvalue weighted by atomic mass is 9.98. The molecule has 2 saturated heterocycles. The number of nitrogens with one attached hydrogen (secondary N) is 1. The molecular weight excluding hydrogens is 348 g/mol. The molecule has 2 fully saturated rings. The number of amides is 1. The van der Waals surface area contributed by atoms with Crippen molar-refractivity contribution in [1.29, 1.82) is 0 Å². The zero-order chi connectivity index (χ0) is 19.5. The molecule has 2 bridgehead atoms. The van der Waals surface area contributed by atoms with Gasteiger partial charge in [-0.05, 0) is 49.8 Å². The summed E-state index contributed by atoms with van der Waals surface area (Å²) in [7, 11) is 1.94. The number of para-hydroxylation sites is 1. The summed E-state index contributed by atoms with van der Waals surface area (Å²) in [5, 5.41) is 3.64. The Bertz CT molecular complexity index is 795. The van der Waals surface area contributed by atoms with Crippen LogP contribution in [0, 0.1) is 0 Å². The van der Waals surface area contributed by atoms with Gasteiger partial charge in [0.25, 0.3) is 5.91 Å². The van der Waals surface area contributed by atoms with E-state index in [4.69, 9.17) is 4.74 Å². The van der Waals surface area contributed by atoms with E-state index in [1.165, 1.54) is 18.4 Å². The Morgan fingerprint density at radius 2 is 1.71 bits per heavy atom. The van der Waals surface area contributed by atoms with Crippen LogP contribution in [0.1, 0.15) is 43.7 Å². The fourth-order valence-corrected chi connectivity index (χ4v) is 4.63. The molecule has 148 valence electrons. The fourth-order valence-electron chi connectivity index (χ4n) is 4.63. The zero-order valence-corrected chi connectivity index (χ0v) is 16.8. The van der Waals surface area contributed by atoms with E-state index in [1.54, 1.807) is 0 Å². The van der Waals surface area contributed by atoms with Gasteiger partial charge in [0.05, 0.1) is 0 Å². The van der Waals surface area contributed by atoms with Crippen LogP contribution in [-0.4, -0.2) is 42.1 Å². The molecular formula is C24H30N2O2. The number of carbonyl (C=O) groups excluding carboxylic acids is 1. The van der Waals surface area contributed by atoms with Crippen molar-refractivity contribution in [3.8, 4) is 5.75 Å². The predicted octanol–water partition coefficient (Wildman–Crippen LogP) is 3.79. The second-order valence-electron chi connectivity index (χ2n) is 8.24. The average Bonchev–Trinajstić information content (AvgIpc) is 3.06. The molecule has 2 aromatic carbocycles. The number of rotatable bonds is 6. The maximum Gasteiger partial charge on any atom is 0.263 e. The van der Waals surface area contributed by atoms with Gasteiger partial charge in [-0.25, -0.2) is 0 Å². The van der Waals surface area contributed by atoms with E-state index in [0.717, 1.165) is 30.6 Å². The lowest BCUT2D eigenvalue weighted by Gasteiger charge is -2.36. The Hall–Kier alpha value is -2.33. The van der Waals surface area contributed by atoms with E-state index in [-0.39, 0.29) is 5.91 Å². The van der Waals surface area contributed by atoms with Crippen molar-refractivity contribution < 1.29 is 9.53 Å². The molecule has 4 rings (SSSR count). The molecule has 4 heteroatoms. The minimum Gasteiger partial charge on any atom is -0.481 e. The van der Waals surface area contributed by atoms with Crippen molar-refractivity contribution in [3.63, 3.8) is 0 Å². The molecule has 2 aromatic rings. The smallest absolute Gasteiger partial charge is 0.263 e. The highest BCUT2D eigenvalue weighted by atomic mass is 16.5. The van der Waals surface area contributed by atoms with Crippen LogP contribution in [0.2, 0.25) is 0 Å². The van der Waals surface area contributed by atoms with E-state index in [9.17, 15) is 4.79 Å². The summed E-state index contributed by atoms with van der Waals surface area (Å²) in [6.07, 6.45) is 4.89. The zero-order valence-electron chi connectivity index (χ0n) is 16.8. The van der Waals surface area contributed by atoms with Crippen molar-refractivity contribution in [1.82, 2.24) is 10.2 Å². The van der Waals surface area contributed by atoms with Gasteiger partial charge in [0.15, 0.2) is 6.10 Å². The first-order valence-electron chi connectivity index (χ1n) is 10.4. The van der Waals surface area contributed by atoms with Crippen molar-refractivity contribution in [2.75, 3.05) is 7.05 Å². The van der Waals surface area contributed by atoms with E-state index in [0.29, 0.717) is 18.1 Å². The van der Waals surface area contributed by atoms with E-state index in [2.05, 4.69) is 23.5 Å². The largest absolute Gasteiger partial charge is 0.481 e. The minimum atomic E-state index is -0.491. The maximum absolute atomic E-state index is 13.0. The summed E-state index contributed by atoms with van der Waals surface area (Å²) in [5.41, 5.74) is 2.34.